The second-order valence-corrected chi connectivity index (χ2v) is 7.55. The smallest absolute Gasteiger partial charge is 0.265 e. The maximum Gasteiger partial charge on any atom is 0.265 e. The molecule has 1 aliphatic heterocycles. The Morgan fingerprint density at radius 1 is 1.27 bits per heavy atom. The highest BCUT2D eigenvalue weighted by Crippen LogP contribution is 2.23. The Morgan fingerprint density at radius 3 is 2.63 bits per heavy atom. The third-order valence-electron chi connectivity index (χ3n) is 4.66. The first-order chi connectivity index (χ1) is 14.3. The van der Waals surface area contributed by atoms with Crippen LogP contribution in [0.25, 0.3) is 0 Å². The SMILES string of the molecule is CC(C)CC(Oc1ccc(F)c(N)c1)C(=O)Nc1ccc(N2CCOCC2=O)cc1. The summed E-state index contributed by atoms with van der Waals surface area (Å²) in [5, 5.41) is 2.84. The number of carbonyl (C=O) groups excluding carboxylic acids is 2. The van der Waals surface area contributed by atoms with Crippen LogP contribution < -0.4 is 20.7 Å². The van der Waals surface area contributed by atoms with Crippen molar-refractivity contribution < 1.29 is 23.5 Å². The van der Waals surface area contributed by atoms with Crippen LogP contribution in [0.1, 0.15) is 20.3 Å². The Balaban J connectivity index is 1.68. The van der Waals surface area contributed by atoms with E-state index in [1.807, 2.05) is 13.8 Å². The van der Waals surface area contributed by atoms with Gasteiger partial charge >= 0.3 is 0 Å². The molecule has 3 rings (SSSR count). The van der Waals surface area contributed by atoms with Crippen molar-refractivity contribution in [2.45, 2.75) is 26.4 Å². The molecule has 0 aliphatic carbocycles. The number of nitrogens with zero attached hydrogens (tertiary/aromatic N) is 1. The summed E-state index contributed by atoms with van der Waals surface area (Å²) in [6.45, 7) is 5.02. The van der Waals surface area contributed by atoms with E-state index < -0.39 is 11.9 Å². The van der Waals surface area contributed by atoms with Gasteiger partial charge in [0.25, 0.3) is 11.8 Å². The maximum absolute atomic E-state index is 13.4. The lowest BCUT2D eigenvalue weighted by molar-refractivity contribution is -0.125. The first-order valence-corrected chi connectivity index (χ1v) is 9.84. The molecule has 1 atom stereocenters. The van der Waals surface area contributed by atoms with Crippen LogP contribution >= 0.6 is 0 Å². The van der Waals surface area contributed by atoms with Gasteiger partial charge in [0, 0.05) is 24.0 Å². The molecular formula is C22H26FN3O4. The van der Waals surface area contributed by atoms with E-state index in [9.17, 15) is 14.0 Å². The number of nitrogens with two attached hydrogens (primary N) is 1. The number of benzene rings is 2. The number of ether oxygens (including phenoxy) is 2. The minimum atomic E-state index is -0.768. The molecule has 2 amide bonds. The molecule has 1 saturated heterocycles. The van der Waals surface area contributed by atoms with Crippen LogP contribution in [0.2, 0.25) is 0 Å². The predicted molar refractivity (Wildman–Crippen MR) is 113 cm³/mol. The van der Waals surface area contributed by atoms with Gasteiger partial charge in [-0.3, -0.25) is 9.59 Å². The minimum Gasteiger partial charge on any atom is -0.481 e. The molecular weight excluding hydrogens is 389 g/mol. The van der Waals surface area contributed by atoms with Gasteiger partial charge in [-0.1, -0.05) is 13.8 Å². The molecule has 0 spiro atoms. The lowest BCUT2D eigenvalue weighted by atomic mass is 10.0. The van der Waals surface area contributed by atoms with Gasteiger partial charge in [-0.15, -0.1) is 0 Å². The molecule has 2 aromatic rings. The number of halogens is 1. The molecule has 3 N–H and O–H groups in total. The molecule has 7 nitrogen and oxygen atoms in total. The molecule has 0 radical (unpaired) electrons. The molecule has 0 saturated carbocycles. The highest BCUT2D eigenvalue weighted by molar-refractivity contribution is 5.96. The average molecular weight is 415 g/mol. The fourth-order valence-corrected chi connectivity index (χ4v) is 3.13. The van der Waals surface area contributed by atoms with Crippen molar-refractivity contribution in [1.82, 2.24) is 0 Å². The molecule has 0 bridgehead atoms. The van der Waals surface area contributed by atoms with E-state index in [4.69, 9.17) is 15.2 Å². The number of nitrogens with one attached hydrogen (secondary N) is 1. The van der Waals surface area contributed by atoms with E-state index in [1.54, 1.807) is 29.2 Å². The first kappa shape index (κ1) is 21.6. The van der Waals surface area contributed by atoms with Gasteiger partial charge in [-0.2, -0.15) is 0 Å². The fourth-order valence-electron chi connectivity index (χ4n) is 3.13. The molecule has 1 aliphatic rings. The summed E-state index contributed by atoms with van der Waals surface area (Å²) in [6.07, 6.45) is -0.293. The van der Waals surface area contributed by atoms with E-state index >= 15 is 0 Å². The van der Waals surface area contributed by atoms with Crippen LogP contribution in [0.3, 0.4) is 0 Å². The normalized spacial score (nSPS) is 15.2. The number of anilines is 3. The van der Waals surface area contributed by atoms with Crippen molar-refractivity contribution in [2.24, 2.45) is 5.92 Å². The number of hydrogen-bond donors (Lipinski definition) is 2. The number of nitrogen functional groups attached to an aromatic ring is 1. The van der Waals surface area contributed by atoms with Crippen molar-refractivity contribution in [3.8, 4) is 5.75 Å². The van der Waals surface area contributed by atoms with Crippen molar-refractivity contribution in [3.05, 3.63) is 48.3 Å². The van der Waals surface area contributed by atoms with Crippen LogP contribution in [0, 0.1) is 11.7 Å². The fraction of sp³-hybridized carbons (Fsp3) is 0.364. The van der Waals surface area contributed by atoms with Gasteiger partial charge in [0.05, 0.1) is 12.3 Å². The Labute approximate surface area is 174 Å². The third-order valence-corrected chi connectivity index (χ3v) is 4.66. The lowest BCUT2D eigenvalue weighted by Crippen LogP contribution is -2.41. The van der Waals surface area contributed by atoms with Gasteiger partial charge in [0.15, 0.2) is 6.10 Å². The monoisotopic (exact) mass is 415 g/mol. The average Bonchev–Trinajstić information content (AvgIpc) is 2.71. The topological polar surface area (TPSA) is 93.9 Å². The van der Waals surface area contributed by atoms with Crippen molar-refractivity contribution in [3.63, 3.8) is 0 Å². The van der Waals surface area contributed by atoms with Crippen molar-refractivity contribution >= 4 is 28.9 Å². The van der Waals surface area contributed by atoms with E-state index in [0.717, 1.165) is 5.69 Å². The Hall–Kier alpha value is -3.13. The zero-order chi connectivity index (χ0) is 21.7. The van der Waals surface area contributed by atoms with E-state index in [0.29, 0.717) is 31.0 Å². The van der Waals surface area contributed by atoms with Crippen LogP contribution in [-0.4, -0.2) is 37.7 Å². The Bertz CT molecular complexity index is 902. The van der Waals surface area contributed by atoms with Crippen molar-refractivity contribution in [1.29, 1.82) is 0 Å². The molecule has 160 valence electrons. The molecule has 1 unspecified atom stereocenters. The van der Waals surface area contributed by atoms with E-state index in [-0.39, 0.29) is 30.0 Å². The Kier molecular flexibility index (Phi) is 6.89. The number of hydrogen-bond acceptors (Lipinski definition) is 5. The first-order valence-electron chi connectivity index (χ1n) is 9.84. The predicted octanol–water partition coefficient (Wildman–Crippen LogP) is 3.20. The van der Waals surface area contributed by atoms with Gasteiger partial charge in [-0.05, 0) is 48.7 Å². The van der Waals surface area contributed by atoms with Crippen LogP contribution in [0.5, 0.6) is 5.75 Å². The largest absolute Gasteiger partial charge is 0.481 e. The lowest BCUT2D eigenvalue weighted by Gasteiger charge is -2.27. The van der Waals surface area contributed by atoms with Gasteiger partial charge in [0.2, 0.25) is 0 Å². The third kappa shape index (κ3) is 5.48. The number of amides is 2. The minimum absolute atomic E-state index is 0.0375. The summed E-state index contributed by atoms with van der Waals surface area (Å²) < 4.78 is 24.3. The second kappa shape index (κ2) is 9.58. The molecule has 2 aromatic carbocycles. The maximum atomic E-state index is 13.4. The summed E-state index contributed by atoms with van der Waals surface area (Å²) in [5.74, 6) is -0.418. The quantitative estimate of drug-likeness (QED) is 0.678. The Morgan fingerprint density at radius 2 is 2.00 bits per heavy atom. The van der Waals surface area contributed by atoms with E-state index in [1.165, 1.54) is 18.2 Å². The summed E-state index contributed by atoms with van der Waals surface area (Å²) in [5.41, 5.74) is 6.89. The number of carbonyl (C=O) groups is 2. The van der Waals surface area contributed by atoms with Crippen LogP contribution in [0.15, 0.2) is 42.5 Å². The standard InChI is InChI=1S/C22H26FN3O4/c1-14(2)11-20(30-17-7-8-18(23)19(24)12-17)22(28)25-15-3-5-16(6-4-15)26-9-10-29-13-21(26)27/h3-8,12,14,20H,9-11,13,24H2,1-2H3,(H,25,28). The summed E-state index contributed by atoms with van der Waals surface area (Å²) in [4.78, 5) is 26.4. The molecule has 30 heavy (non-hydrogen) atoms. The van der Waals surface area contributed by atoms with Gasteiger partial charge < -0.3 is 25.4 Å². The second-order valence-electron chi connectivity index (χ2n) is 7.55. The van der Waals surface area contributed by atoms with E-state index in [2.05, 4.69) is 5.32 Å². The number of morpholine rings is 1. The van der Waals surface area contributed by atoms with Gasteiger partial charge in [-0.25, -0.2) is 4.39 Å². The zero-order valence-electron chi connectivity index (χ0n) is 17.1. The summed E-state index contributed by atoms with van der Waals surface area (Å²) in [7, 11) is 0. The van der Waals surface area contributed by atoms with Crippen molar-refractivity contribution in [2.75, 3.05) is 35.7 Å². The summed E-state index contributed by atoms with van der Waals surface area (Å²) in [6, 6.07) is 11.0. The highest BCUT2D eigenvalue weighted by Gasteiger charge is 2.23. The molecule has 8 heteroatoms. The molecule has 1 fully saturated rings. The zero-order valence-corrected chi connectivity index (χ0v) is 17.1. The molecule has 0 aromatic heterocycles. The van der Waals surface area contributed by atoms with Gasteiger partial charge in [0.1, 0.15) is 18.2 Å². The number of rotatable bonds is 7. The van der Waals surface area contributed by atoms with Crippen LogP contribution in [-0.2, 0) is 14.3 Å². The molecule has 1 heterocycles. The highest BCUT2D eigenvalue weighted by atomic mass is 19.1. The van der Waals surface area contributed by atoms with Crippen LogP contribution in [0.4, 0.5) is 21.5 Å². The summed E-state index contributed by atoms with van der Waals surface area (Å²) >= 11 is 0.